The summed E-state index contributed by atoms with van der Waals surface area (Å²) in [6.07, 6.45) is 6.22. The van der Waals surface area contributed by atoms with Crippen LogP contribution in [0.2, 0.25) is 0 Å². The minimum absolute atomic E-state index is 0.360. The van der Waals surface area contributed by atoms with Crippen LogP contribution in [-0.4, -0.2) is 18.2 Å². The maximum atomic E-state index is 6.35. The second-order valence-corrected chi connectivity index (χ2v) is 9.62. The Morgan fingerprint density at radius 2 is 1.59 bits per heavy atom. The molecule has 0 saturated carbocycles. The van der Waals surface area contributed by atoms with Crippen molar-refractivity contribution < 1.29 is 4.42 Å². The maximum Gasteiger partial charge on any atom is 0.227 e. The molecule has 0 radical (unpaired) electrons. The highest BCUT2D eigenvalue weighted by Crippen LogP contribution is 2.35. The number of pyridine rings is 1. The van der Waals surface area contributed by atoms with Crippen molar-refractivity contribution in [1.29, 1.82) is 0 Å². The summed E-state index contributed by atoms with van der Waals surface area (Å²) < 4.78 is 6.35. The van der Waals surface area contributed by atoms with Gasteiger partial charge in [0.15, 0.2) is 0 Å². The molecule has 0 N–H and O–H groups in total. The van der Waals surface area contributed by atoms with E-state index in [1.807, 2.05) is 13.3 Å². The first-order valence-corrected chi connectivity index (χ1v) is 12.0. The van der Waals surface area contributed by atoms with E-state index in [1.165, 1.54) is 11.1 Å². The van der Waals surface area contributed by atoms with Crippen molar-refractivity contribution >= 4 is 39.4 Å². The fourth-order valence-corrected chi connectivity index (χ4v) is 4.36. The SMILES string of the molecule is CN=C/C(=C\C=C(/C)c1c(C)ccc2c1oc1nc(C(C)C)ccc12)c1ccc(C(C)C)cc1. The molecule has 4 rings (SSSR count). The lowest BCUT2D eigenvalue weighted by molar-refractivity contribution is 0.646. The Hall–Kier alpha value is -3.46. The number of fused-ring (bicyclic) bond motifs is 3. The number of allylic oxidation sites excluding steroid dienone is 4. The largest absolute Gasteiger partial charge is 0.437 e. The van der Waals surface area contributed by atoms with E-state index in [2.05, 4.69) is 107 Å². The summed E-state index contributed by atoms with van der Waals surface area (Å²) >= 11 is 0. The predicted molar refractivity (Wildman–Crippen MR) is 147 cm³/mol. The molecule has 2 aromatic heterocycles. The Morgan fingerprint density at radius 3 is 2.24 bits per heavy atom. The average molecular weight is 451 g/mol. The molecular formula is C31H34N2O. The lowest BCUT2D eigenvalue weighted by Gasteiger charge is -2.08. The van der Waals surface area contributed by atoms with Crippen LogP contribution in [0.1, 0.15) is 74.4 Å². The molecule has 34 heavy (non-hydrogen) atoms. The van der Waals surface area contributed by atoms with Crippen molar-refractivity contribution in [1.82, 2.24) is 4.98 Å². The maximum absolute atomic E-state index is 6.35. The third-order valence-corrected chi connectivity index (χ3v) is 6.41. The summed E-state index contributed by atoms with van der Waals surface area (Å²) in [6, 6.07) is 17.3. The van der Waals surface area contributed by atoms with E-state index >= 15 is 0 Å². The third kappa shape index (κ3) is 4.61. The van der Waals surface area contributed by atoms with Crippen LogP contribution in [0.3, 0.4) is 0 Å². The smallest absolute Gasteiger partial charge is 0.227 e. The van der Waals surface area contributed by atoms with Gasteiger partial charge in [0.2, 0.25) is 5.71 Å². The number of furan rings is 1. The molecule has 0 fully saturated rings. The summed E-state index contributed by atoms with van der Waals surface area (Å²) in [5.41, 5.74) is 9.69. The second kappa shape index (κ2) is 9.80. The zero-order chi connectivity index (χ0) is 24.4. The fraction of sp³-hybridized carbons (Fsp3) is 0.290. The Bertz CT molecular complexity index is 1410. The lowest BCUT2D eigenvalue weighted by atomic mass is 9.96. The topological polar surface area (TPSA) is 38.4 Å². The number of rotatable bonds is 6. The fourth-order valence-electron chi connectivity index (χ4n) is 4.36. The van der Waals surface area contributed by atoms with Crippen LogP contribution in [0.5, 0.6) is 0 Å². The standard InChI is InChI=1S/C31H34N2O/c1-19(2)23-11-13-24(14-12-23)25(18-32-7)10-8-21(5)29-22(6)9-15-26-27-16-17-28(20(3)4)33-31(27)34-30(26)29/h8-20H,1-7H3/b21-8+,25-10+,32-18?. The molecule has 2 heterocycles. The molecule has 0 aliphatic carbocycles. The molecule has 0 aliphatic rings. The van der Waals surface area contributed by atoms with Crippen LogP contribution in [0.25, 0.3) is 33.2 Å². The van der Waals surface area contributed by atoms with E-state index < -0.39 is 0 Å². The molecule has 0 atom stereocenters. The third-order valence-electron chi connectivity index (χ3n) is 6.41. The van der Waals surface area contributed by atoms with Crippen LogP contribution in [0.4, 0.5) is 0 Å². The monoisotopic (exact) mass is 450 g/mol. The van der Waals surface area contributed by atoms with Crippen LogP contribution in [0.15, 0.2) is 70.1 Å². The van der Waals surface area contributed by atoms with E-state index in [0.717, 1.165) is 44.3 Å². The first kappa shape index (κ1) is 23.7. The minimum atomic E-state index is 0.360. The molecule has 0 unspecified atom stereocenters. The number of aryl methyl sites for hydroxylation is 1. The van der Waals surface area contributed by atoms with E-state index in [4.69, 9.17) is 9.40 Å². The first-order chi connectivity index (χ1) is 16.3. The molecule has 2 aromatic carbocycles. The van der Waals surface area contributed by atoms with Crippen molar-refractivity contribution in [2.75, 3.05) is 7.05 Å². The summed E-state index contributed by atoms with van der Waals surface area (Å²) in [7, 11) is 1.81. The minimum Gasteiger partial charge on any atom is -0.437 e. The van der Waals surface area contributed by atoms with Crippen molar-refractivity contribution in [2.24, 2.45) is 4.99 Å². The van der Waals surface area contributed by atoms with Gasteiger partial charge in [0.1, 0.15) is 5.58 Å². The summed E-state index contributed by atoms with van der Waals surface area (Å²) in [5.74, 6) is 0.876. The number of aliphatic imine (C=N–C) groups is 1. The van der Waals surface area contributed by atoms with Gasteiger partial charge >= 0.3 is 0 Å². The van der Waals surface area contributed by atoms with E-state index in [1.54, 1.807) is 0 Å². The van der Waals surface area contributed by atoms with Gasteiger partial charge in [-0.2, -0.15) is 0 Å². The molecule has 0 aliphatic heterocycles. The van der Waals surface area contributed by atoms with Crippen LogP contribution >= 0.6 is 0 Å². The number of aromatic nitrogens is 1. The highest BCUT2D eigenvalue weighted by Gasteiger charge is 2.16. The zero-order valence-electron chi connectivity index (χ0n) is 21.3. The Balaban J connectivity index is 1.80. The Kier molecular flexibility index (Phi) is 6.83. The van der Waals surface area contributed by atoms with E-state index in [-0.39, 0.29) is 0 Å². The van der Waals surface area contributed by atoms with Crippen LogP contribution in [0, 0.1) is 6.92 Å². The van der Waals surface area contributed by atoms with Crippen molar-refractivity contribution in [3.63, 3.8) is 0 Å². The first-order valence-electron chi connectivity index (χ1n) is 12.0. The van der Waals surface area contributed by atoms with Gasteiger partial charge in [0.25, 0.3) is 0 Å². The quantitative estimate of drug-likeness (QED) is 0.217. The van der Waals surface area contributed by atoms with Gasteiger partial charge in [-0.05, 0) is 65.7 Å². The second-order valence-electron chi connectivity index (χ2n) is 9.62. The lowest BCUT2D eigenvalue weighted by Crippen LogP contribution is -1.91. The predicted octanol–water partition coefficient (Wildman–Crippen LogP) is 8.72. The zero-order valence-corrected chi connectivity index (χ0v) is 21.3. The molecule has 0 saturated heterocycles. The highest BCUT2D eigenvalue weighted by molar-refractivity contribution is 6.11. The average Bonchev–Trinajstić information content (AvgIpc) is 3.19. The van der Waals surface area contributed by atoms with Gasteiger partial charge in [-0.25, -0.2) is 4.98 Å². The molecule has 3 heteroatoms. The summed E-state index contributed by atoms with van der Waals surface area (Å²) in [5, 5.41) is 2.17. The molecule has 0 amide bonds. The van der Waals surface area contributed by atoms with Gasteiger partial charge in [0, 0.05) is 35.3 Å². The molecule has 0 bridgehead atoms. The Morgan fingerprint density at radius 1 is 0.882 bits per heavy atom. The summed E-state index contributed by atoms with van der Waals surface area (Å²) in [4.78, 5) is 9.07. The molecule has 4 aromatic rings. The van der Waals surface area contributed by atoms with Gasteiger partial charge in [-0.1, -0.05) is 76.2 Å². The van der Waals surface area contributed by atoms with E-state index in [9.17, 15) is 0 Å². The Labute approximate surface area is 202 Å². The molecule has 3 nitrogen and oxygen atoms in total. The van der Waals surface area contributed by atoms with Gasteiger partial charge in [-0.3, -0.25) is 4.99 Å². The number of benzene rings is 2. The number of hydrogen-bond donors (Lipinski definition) is 0. The van der Waals surface area contributed by atoms with E-state index in [0.29, 0.717) is 17.5 Å². The van der Waals surface area contributed by atoms with Crippen molar-refractivity contribution in [3.05, 3.63) is 88.6 Å². The van der Waals surface area contributed by atoms with Gasteiger partial charge < -0.3 is 4.42 Å². The number of nitrogens with zero attached hydrogens (tertiary/aromatic N) is 2. The molecular weight excluding hydrogens is 416 g/mol. The van der Waals surface area contributed by atoms with Crippen LogP contribution in [-0.2, 0) is 0 Å². The van der Waals surface area contributed by atoms with Gasteiger partial charge in [0.05, 0.1) is 0 Å². The van der Waals surface area contributed by atoms with Crippen molar-refractivity contribution in [2.45, 2.75) is 53.4 Å². The molecule has 0 spiro atoms. The summed E-state index contributed by atoms with van der Waals surface area (Å²) in [6.45, 7) is 13.0. The van der Waals surface area contributed by atoms with Gasteiger partial charge in [-0.15, -0.1) is 0 Å². The highest BCUT2D eigenvalue weighted by atomic mass is 16.3. The van der Waals surface area contributed by atoms with Crippen LogP contribution < -0.4 is 0 Å². The normalized spacial score (nSPS) is 13.3. The molecule has 174 valence electrons. The number of hydrogen-bond acceptors (Lipinski definition) is 3. The van der Waals surface area contributed by atoms with Crippen molar-refractivity contribution in [3.8, 4) is 0 Å².